The molecule has 0 radical (unpaired) electrons. The Bertz CT molecular complexity index is 738. The Kier molecular flexibility index (Phi) is 6.56. The molecule has 0 aliphatic rings. The van der Waals surface area contributed by atoms with Crippen LogP contribution in [0.3, 0.4) is 0 Å². The number of carbonyl (C=O) groups is 1. The van der Waals surface area contributed by atoms with E-state index in [0.29, 0.717) is 5.56 Å². The Morgan fingerprint density at radius 3 is 2.82 bits per heavy atom. The van der Waals surface area contributed by atoms with Gasteiger partial charge in [0.05, 0.1) is 22.5 Å². The quantitative estimate of drug-likeness (QED) is 0.337. The summed E-state index contributed by atoms with van der Waals surface area (Å²) < 4.78 is 8.14. The van der Waals surface area contributed by atoms with Crippen molar-refractivity contribution in [3.05, 3.63) is 53.3 Å². The van der Waals surface area contributed by atoms with Crippen molar-refractivity contribution in [1.29, 1.82) is 0 Å². The summed E-state index contributed by atoms with van der Waals surface area (Å²) >= 11 is 7.69. The van der Waals surface area contributed by atoms with E-state index in [1.165, 1.54) is 6.20 Å². The number of aromatic nitrogens is 1. The van der Waals surface area contributed by atoms with Gasteiger partial charge in [0, 0.05) is 26.0 Å². The fraction of sp³-hybridized carbons (Fsp3) is 0.0714. The number of nitrogens with zero attached hydrogens (tertiary/aromatic N) is 2. The lowest BCUT2D eigenvalue weighted by molar-refractivity contribution is 0.0954. The molecule has 1 heterocycles. The van der Waals surface area contributed by atoms with Gasteiger partial charge in [0.25, 0.3) is 5.91 Å². The van der Waals surface area contributed by atoms with E-state index in [1.807, 2.05) is 12.1 Å². The van der Waals surface area contributed by atoms with Crippen molar-refractivity contribution in [3.63, 3.8) is 0 Å². The first-order valence-electron chi connectivity index (χ1n) is 5.98. The number of hydrogen-bond donors (Lipinski definition) is 1. The average molecular weight is 586 g/mol. The minimum atomic E-state index is -0.329. The number of amides is 1. The number of halogens is 3. The second-order valence-electron chi connectivity index (χ2n) is 4.10. The molecule has 0 spiro atoms. The van der Waals surface area contributed by atoms with Gasteiger partial charge in [-0.15, -0.1) is 0 Å². The monoisotopic (exact) mass is 585 g/mol. The van der Waals surface area contributed by atoms with Crippen LogP contribution >= 0.6 is 61.1 Å². The van der Waals surface area contributed by atoms with Gasteiger partial charge >= 0.3 is 0 Å². The van der Waals surface area contributed by atoms with Crippen LogP contribution < -0.4 is 10.2 Å². The summed E-state index contributed by atoms with van der Waals surface area (Å²) in [6, 6.07) is 5.60. The zero-order valence-electron chi connectivity index (χ0n) is 11.3. The molecule has 0 fully saturated rings. The Hall–Kier alpha value is -0.750. The van der Waals surface area contributed by atoms with Gasteiger partial charge in [-0.1, -0.05) is 0 Å². The zero-order valence-corrected chi connectivity index (χ0v) is 17.2. The molecule has 5 nitrogen and oxygen atoms in total. The van der Waals surface area contributed by atoms with E-state index in [9.17, 15) is 4.79 Å². The van der Waals surface area contributed by atoms with Gasteiger partial charge in [0.15, 0.2) is 0 Å². The number of rotatable bonds is 4. The highest BCUT2D eigenvalue weighted by Crippen LogP contribution is 2.26. The van der Waals surface area contributed by atoms with Gasteiger partial charge in [-0.25, -0.2) is 5.43 Å². The van der Waals surface area contributed by atoms with E-state index < -0.39 is 0 Å². The first-order valence-corrected chi connectivity index (χ1v) is 8.93. The highest BCUT2D eigenvalue weighted by atomic mass is 127. The van der Waals surface area contributed by atoms with Gasteiger partial charge < -0.3 is 4.74 Å². The molecular weight excluding hydrogens is 576 g/mol. The first kappa shape index (κ1) is 17.6. The maximum Gasteiger partial charge on any atom is 0.272 e. The number of methoxy groups -OCH3 is 1. The molecule has 1 aromatic carbocycles. The van der Waals surface area contributed by atoms with E-state index >= 15 is 0 Å². The average Bonchev–Trinajstić information content (AvgIpc) is 2.46. The third kappa shape index (κ3) is 4.62. The van der Waals surface area contributed by atoms with E-state index in [1.54, 1.807) is 25.6 Å². The highest BCUT2D eigenvalue weighted by Gasteiger charge is 2.08. The van der Waals surface area contributed by atoms with E-state index in [0.717, 1.165) is 22.9 Å². The molecule has 0 unspecified atom stereocenters. The second-order valence-corrected chi connectivity index (χ2v) is 7.42. The van der Waals surface area contributed by atoms with E-state index in [2.05, 4.69) is 76.6 Å². The molecule has 114 valence electrons. The number of pyridine rings is 1. The van der Waals surface area contributed by atoms with Crippen LogP contribution in [-0.2, 0) is 0 Å². The highest BCUT2D eigenvalue weighted by molar-refractivity contribution is 14.1. The van der Waals surface area contributed by atoms with E-state index in [-0.39, 0.29) is 5.91 Å². The standard InChI is InChI=1S/C14H10BrI2N3O2/c1-22-13-8(3-11(16)4-12(13)17)6-19-20-14(21)9-2-10(15)7-18-5-9/h2-7H,1H3,(H,20,21). The number of hydrazone groups is 1. The van der Waals surface area contributed by atoms with E-state index in [4.69, 9.17) is 4.74 Å². The minimum absolute atomic E-state index is 0.329. The summed E-state index contributed by atoms with van der Waals surface area (Å²) in [5, 5.41) is 3.98. The molecule has 22 heavy (non-hydrogen) atoms. The van der Waals surface area contributed by atoms with Crippen molar-refractivity contribution >= 4 is 73.2 Å². The van der Waals surface area contributed by atoms with Gasteiger partial charge in [-0.2, -0.15) is 5.10 Å². The van der Waals surface area contributed by atoms with Gasteiger partial charge in [-0.3, -0.25) is 9.78 Å². The van der Waals surface area contributed by atoms with Gasteiger partial charge in [0.2, 0.25) is 0 Å². The Labute approximate surface area is 163 Å². The Balaban J connectivity index is 2.14. The second kappa shape index (κ2) is 8.20. The predicted molar refractivity (Wildman–Crippen MR) is 105 cm³/mol. The molecule has 0 saturated carbocycles. The lowest BCUT2D eigenvalue weighted by Crippen LogP contribution is -2.17. The molecule has 0 bridgehead atoms. The fourth-order valence-corrected chi connectivity index (χ4v) is 4.13. The molecule has 0 atom stereocenters. The largest absolute Gasteiger partial charge is 0.495 e. The van der Waals surface area contributed by atoms with Crippen LogP contribution in [0.15, 0.2) is 40.2 Å². The number of benzene rings is 1. The smallest absolute Gasteiger partial charge is 0.272 e. The third-order valence-electron chi connectivity index (χ3n) is 2.58. The molecule has 2 aromatic rings. The third-order valence-corrected chi connectivity index (χ3v) is 4.44. The molecule has 2 rings (SSSR count). The summed E-state index contributed by atoms with van der Waals surface area (Å²) in [4.78, 5) is 15.9. The number of hydrogen-bond acceptors (Lipinski definition) is 4. The van der Waals surface area contributed by atoms with Crippen LogP contribution in [0.5, 0.6) is 5.75 Å². The van der Waals surface area contributed by atoms with Crippen LogP contribution in [0.25, 0.3) is 0 Å². The van der Waals surface area contributed by atoms with Crippen molar-refractivity contribution in [1.82, 2.24) is 10.4 Å². The topological polar surface area (TPSA) is 63.6 Å². The Morgan fingerprint density at radius 1 is 1.36 bits per heavy atom. The maximum absolute atomic E-state index is 12.0. The van der Waals surface area contributed by atoms with Crippen molar-refractivity contribution < 1.29 is 9.53 Å². The van der Waals surface area contributed by atoms with Crippen LogP contribution in [0.1, 0.15) is 15.9 Å². The summed E-state index contributed by atoms with van der Waals surface area (Å²) in [5.41, 5.74) is 3.70. The SMILES string of the molecule is COc1c(I)cc(I)cc1C=NNC(=O)c1cncc(Br)c1. The van der Waals surface area contributed by atoms with Crippen molar-refractivity contribution in [2.24, 2.45) is 5.10 Å². The number of carbonyl (C=O) groups excluding carboxylic acids is 1. The Morgan fingerprint density at radius 2 is 2.14 bits per heavy atom. The van der Waals surface area contributed by atoms with Crippen LogP contribution in [0.4, 0.5) is 0 Å². The summed E-state index contributed by atoms with van der Waals surface area (Å²) in [6.45, 7) is 0. The van der Waals surface area contributed by atoms with Crippen molar-refractivity contribution in [3.8, 4) is 5.75 Å². The molecule has 0 aliphatic heterocycles. The molecule has 0 saturated heterocycles. The van der Waals surface area contributed by atoms with Crippen LogP contribution in [-0.4, -0.2) is 24.2 Å². The molecule has 8 heteroatoms. The molecule has 1 aromatic heterocycles. The lowest BCUT2D eigenvalue weighted by atomic mass is 10.2. The van der Waals surface area contributed by atoms with Crippen LogP contribution in [0.2, 0.25) is 0 Å². The first-order chi connectivity index (χ1) is 10.5. The molecular formula is C14H10BrI2N3O2. The summed E-state index contributed by atoms with van der Waals surface area (Å²) in [6.07, 6.45) is 4.65. The predicted octanol–water partition coefficient (Wildman–Crippen LogP) is 3.83. The van der Waals surface area contributed by atoms with Gasteiger partial charge in [0.1, 0.15) is 5.75 Å². The number of nitrogens with one attached hydrogen (secondary N) is 1. The minimum Gasteiger partial charge on any atom is -0.495 e. The van der Waals surface area contributed by atoms with Gasteiger partial charge in [-0.05, 0) is 79.3 Å². The number of ether oxygens (including phenoxy) is 1. The maximum atomic E-state index is 12.0. The van der Waals surface area contributed by atoms with Crippen LogP contribution in [0, 0.1) is 7.14 Å². The lowest BCUT2D eigenvalue weighted by Gasteiger charge is -2.07. The molecule has 1 amide bonds. The molecule has 0 aliphatic carbocycles. The van der Waals surface area contributed by atoms with Crippen molar-refractivity contribution in [2.75, 3.05) is 7.11 Å². The summed E-state index contributed by atoms with van der Waals surface area (Å²) in [5.74, 6) is 0.396. The van der Waals surface area contributed by atoms with Crippen molar-refractivity contribution in [2.45, 2.75) is 0 Å². The fourth-order valence-electron chi connectivity index (χ4n) is 1.65. The molecule has 1 N–H and O–H groups in total. The normalized spacial score (nSPS) is 10.7. The zero-order chi connectivity index (χ0) is 16.1. The summed E-state index contributed by atoms with van der Waals surface area (Å²) in [7, 11) is 1.60.